The van der Waals surface area contributed by atoms with E-state index in [9.17, 15) is 0 Å². The van der Waals surface area contributed by atoms with Gasteiger partial charge >= 0.3 is 0 Å². The van der Waals surface area contributed by atoms with Crippen LogP contribution in [0.1, 0.15) is 5.56 Å². The van der Waals surface area contributed by atoms with Gasteiger partial charge in [0, 0.05) is 30.7 Å². The summed E-state index contributed by atoms with van der Waals surface area (Å²) in [7, 11) is 0. The van der Waals surface area contributed by atoms with Gasteiger partial charge in [0.05, 0.1) is 30.7 Å². The Morgan fingerprint density at radius 3 is 2.86 bits per heavy atom. The highest BCUT2D eigenvalue weighted by atomic mass is 16.3. The van der Waals surface area contributed by atoms with Crippen molar-refractivity contribution in [2.75, 3.05) is 11.9 Å². The van der Waals surface area contributed by atoms with Crippen LogP contribution in [0.5, 0.6) is 0 Å². The second kappa shape index (κ2) is 6.23. The fraction of sp³-hybridized carbons (Fsp3) is 0.200. The maximum atomic E-state index is 8.89. The average molecular weight is 283 g/mol. The zero-order valence-corrected chi connectivity index (χ0v) is 11.6. The van der Waals surface area contributed by atoms with E-state index in [1.54, 1.807) is 17.1 Å². The molecule has 21 heavy (non-hydrogen) atoms. The van der Waals surface area contributed by atoms with Crippen molar-refractivity contribution < 1.29 is 5.11 Å². The Labute approximate surface area is 122 Å². The lowest BCUT2D eigenvalue weighted by molar-refractivity contribution is 0.269. The molecule has 3 aromatic rings. The molecule has 0 spiro atoms. The van der Waals surface area contributed by atoms with Gasteiger partial charge in [-0.05, 0) is 18.2 Å². The lowest BCUT2D eigenvalue weighted by Gasteiger charge is -2.11. The summed E-state index contributed by atoms with van der Waals surface area (Å²) in [6.07, 6.45) is 7.41. The summed E-state index contributed by atoms with van der Waals surface area (Å²) in [5, 5.41) is 20.7. The first kappa shape index (κ1) is 13.4. The van der Waals surface area contributed by atoms with Crippen LogP contribution in [0, 0.1) is 0 Å². The predicted octanol–water partition coefficient (Wildman–Crippen LogP) is 1.67. The van der Waals surface area contributed by atoms with Crippen molar-refractivity contribution >= 4 is 5.69 Å². The molecule has 0 amide bonds. The van der Waals surface area contributed by atoms with Crippen LogP contribution in [-0.2, 0) is 13.1 Å². The van der Waals surface area contributed by atoms with Gasteiger partial charge in [0.1, 0.15) is 0 Å². The summed E-state index contributed by atoms with van der Waals surface area (Å²) < 4.78 is 3.56. The summed E-state index contributed by atoms with van der Waals surface area (Å²) >= 11 is 0. The maximum absolute atomic E-state index is 8.89. The van der Waals surface area contributed by atoms with Gasteiger partial charge < -0.3 is 10.4 Å². The molecule has 0 saturated heterocycles. The molecule has 0 aliphatic heterocycles. The Morgan fingerprint density at radius 2 is 2.05 bits per heavy atom. The van der Waals surface area contributed by atoms with E-state index in [1.807, 2.05) is 47.4 Å². The smallest absolute Gasteiger partial charge is 0.0876 e. The molecule has 0 unspecified atom stereocenters. The Kier molecular flexibility index (Phi) is 3.97. The molecule has 0 aliphatic carbocycles. The number of hydrogen-bond acceptors (Lipinski definition) is 4. The number of para-hydroxylation sites is 2. The number of aliphatic hydroxyl groups excluding tert-OH is 1. The first-order valence-corrected chi connectivity index (χ1v) is 6.82. The van der Waals surface area contributed by atoms with E-state index in [1.165, 1.54) is 0 Å². The molecule has 6 nitrogen and oxygen atoms in total. The minimum atomic E-state index is 0.0939. The van der Waals surface area contributed by atoms with Crippen LogP contribution in [-0.4, -0.2) is 31.3 Å². The third-order valence-corrected chi connectivity index (χ3v) is 3.15. The summed E-state index contributed by atoms with van der Waals surface area (Å²) in [5.74, 6) is 0. The monoisotopic (exact) mass is 283 g/mol. The standard InChI is InChI=1S/C15H17N5O/c21-9-8-19-12-13(11-18-19)10-16-14-4-1-2-5-15(14)20-7-3-6-17-20/h1-7,11-12,16,21H,8-10H2. The minimum Gasteiger partial charge on any atom is -0.394 e. The molecule has 108 valence electrons. The van der Waals surface area contributed by atoms with E-state index in [0.29, 0.717) is 13.1 Å². The number of nitrogens with zero attached hydrogens (tertiary/aromatic N) is 4. The molecule has 2 aromatic heterocycles. The Morgan fingerprint density at radius 1 is 1.14 bits per heavy atom. The van der Waals surface area contributed by atoms with Crippen LogP contribution in [0.2, 0.25) is 0 Å². The van der Waals surface area contributed by atoms with E-state index < -0.39 is 0 Å². The van der Waals surface area contributed by atoms with Crippen molar-refractivity contribution in [2.45, 2.75) is 13.1 Å². The number of aliphatic hydroxyl groups is 1. The van der Waals surface area contributed by atoms with Gasteiger partial charge in [0.15, 0.2) is 0 Å². The molecule has 3 rings (SSSR count). The molecule has 1 aromatic carbocycles. The van der Waals surface area contributed by atoms with E-state index in [2.05, 4.69) is 15.5 Å². The number of aromatic nitrogens is 4. The fourth-order valence-electron chi connectivity index (χ4n) is 2.15. The van der Waals surface area contributed by atoms with Crippen LogP contribution in [0.25, 0.3) is 5.69 Å². The van der Waals surface area contributed by atoms with E-state index >= 15 is 0 Å². The van der Waals surface area contributed by atoms with Gasteiger partial charge in [-0.15, -0.1) is 0 Å². The maximum Gasteiger partial charge on any atom is 0.0876 e. The van der Waals surface area contributed by atoms with Crippen LogP contribution in [0.15, 0.2) is 55.1 Å². The van der Waals surface area contributed by atoms with Crippen molar-refractivity contribution in [3.63, 3.8) is 0 Å². The van der Waals surface area contributed by atoms with E-state index in [4.69, 9.17) is 5.11 Å². The lowest BCUT2D eigenvalue weighted by atomic mass is 10.2. The first-order chi connectivity index (χ1) is 10.4. The van der Waals surface area contributed by atoms with Gasteiger partial charge in [-0.3, -0.25) is 4.68 Å². The predicted molar refractivity (Wildman–Crippen MR) is 80.2 cm³/mol. The average Bonchev–Trinajstić information content (AvgIpc) is 3.17. The topological polar surface area (TPSA) is 67.9 Å². The fourth-order valence-corrected chi connectivity index (χ4v) is 2.15. The number of benzene rings is 1. The molecule has 2 heterocycles. The van der Waals surface area contributed by atoms with Gasteiger partial charge in [0.25, 0.3) is 0 Å². The molecule has 0 saturated carbocycles. The van der Waals surface area contributed by atoms with Crippen LogP contribution in [0.4, 0.5) is 5.69 Å². The molecule has 0 aliphatic rings. The van der Waals surface area contributed by atoms with E-state index in [0.717, 1.165) is 16.9 Å². The van der Waals surface area contributed by atoms with Gasteiger partial charge in [-0.2, -0.15) is 10.2 Å². The van der Waals surface area contributed by atoms with Crippen molar-refractivity contribution in [3.05, 3.63) is 60.7 Å². The van der Waals surface area contributed by atoms with Gasteiger partial charge in [0.2, 0.25) is 0 Å². The molecule has 6 heteroatoms. The zero-order valence-electron chi connectivity index (χ0n) is 11.6. The third kappa shape index (κ3) is 3.11. The first-order valence-electron chi connectivity index (χ1n) is 6.82. The zero-order chi connectivity index (χ0) is 14.5. The minimum absolute atomic E-state index is 0.0939. The van der Waals surface area contributed by atoms with Gasteiger partial charge in [-0.25, -0.2) is 4.68 Å². The van der Waals surface area contributed by atoms with Crippen molar-refractivity contribution in [1.29, 1.82) is 0 Å². The molecular weight excluding hydrogens is 266 g/mol. The van der Waals surface area contributed by atoms with Crippen molar-refractivity contribution in [2.24, 2.45) is 0 Å². The van der Waals surface area contributed by atoms with Crippen LogP contribution < -0.4 is 5.32 Å². The quantitative estimate of drug-likeness (QED) is 0.722. The molecule has 0 fully saturated rings. The Hall–Kier alpha value is -2.60. The highest BCUT2D eigenvalue weighted by Gasteiger charge is 2.04. The lowest BCUT2D eigenvalue weighted by Crippen LogP contribution is -2.05. The SMILES string of the molecule is OCCn1cc(CNc2ccccc2-n2cccn2)cn1. The summed E-state index contributed by atoms with van der Waals surface area (Å²) in [6, 6.07) is 9.92. The van der Waals surface area contributed by atoms with Crippen molar-refractivity contribution in [1.82, 2.24) is 19.6 Å². The summed E-state index contributed by atoms with van der Waals surface area (Å²) in [6.45, 7) is 1.28. The van der Waals surface area contributed by atoms with Crippen LogP contribution in [0.3, 0.4) is 0 Å². The highest BCUT2D eigenvalue weighted by Crippen LogP contribution is 2.19. The summed E-state index contributed by atoms with van der Waals surface area (Å²) in [4.78, 5) is 0. The molecule has 0 radical (unpaired) electrons. The Bertz CT molecular complexity index is 690. The second-order valence-corrected chi connectivity index (χ2v) is 4.66. The summed E-state index contributed by atoms with van der Waals surface area (Å²) in [5.41, 5.74) is 3.08. The number of nitrogens with one attached hydrogen (secondary N) is 1. The second-order valence-electron chi connectivity index (χ2n) is 4.66. The normalized spacial score (nSPS) is 10.7. The number of anilines is 1. The largest absolute Gasteiger partial charge is 0.394 e. The highest BCUT2D eigenvalue weighted by molar-refractivity contribution is 5.60. The number of rotatable bonds is 6. The molecular formula is C15H17N5O. The third-order valence-electron chi connectivity index (χ3n) is 3.15. The number of hydrogen-bond donors (Lipinski definition) is 2. The molecule has 0 atom stereocenters. The van der Waals surface area contributed by atoms with Crippen LogP contribution >= 0.6 is 0 Å². The van der Waals surface area contributed by atoms with Crippen molar-refractivity contribution in [3.8, 4) is 5.69 Å². The molecule has 2 N–H and O–H groups in total. The van der Waals surface area contributed by atoms with Gasteiger partial charge in [-0.1, -0.05) is 12.1 Å². The van der Waals surface area contributed by atoms with E-state index in [-0.39, 0.29) is 6.61 Å². The molecule has 0 bridgehead atoms. The Balaban J connectivity index is 1.73.